The van der Waals surface area contributed by atoms with Crippen LogP contribution in [0, 0.1) is 0 Å². The molecule has 2 N–H and O–H groups in total. The first-order valence-corrected chi connectivity index (χ1v) is 6.79. The Kier molecular flexibility index (Phi) is 4.73. The molecule has 1 aliphatic heterocycles. The molecular weight excluding hydrogens is 262 g/mol. The third kappa shape index (κ3) is 3.57. The number of carbonyl (C=O) groups excluding carboxylic acids is 1. The number of nitrogens with one attached hydrogen (secondary N) is 1. The number of amides is 1. The SMILES string of the molecule is CC(NCc1cc(C(=O)O)no1)C(=O)N1CCCCC1. The normalized spacial score (nSPS) is 16.9. The van der Waals surface area contributed by atoms with Crippen LogP contribution in [0.15, 0.2) is 10.6 Å². The summed E-state index contributed by atoms with van der Waals surface area (Å²) in [4.78, 5) is 24.7. The lowest BCUT2D eigenvalue weighted by molar-refractivity contribution is -0.134. The summed E-state index contributed by atoms with van der Waals surface area (Å²) in [6.07, 6.45) is 3.30. The summed E-state index contributed by atoms with van der Waals surface area (Å²) in [6, 6.07) is 1.03. The highest BCUT2D eigenvalue weighted by Crippen LogP contribution is 2.10. The van der Waals surface area contributed by atoms with Crippen LogP contribution in [-0.2, 0) is 11.3 Å². The van der Waals surface area contributed by atoms with Gasteiger partial charge >= 0.3 is 5.97 Å². The smallest absolute Gasteiger partial charge is 0.358 e. The minimum atomic E-state index is -1.13. The van der Waals surface area contributed by atoms with E-state index in [1.54, 1.807) is 6.92 Å². The Morgan fingerprint density at radius 3 is 2.75 bits per heavy atom. The number of hydrogen-bond donors (Lipinski definition) is 2. The van der Waals surface area contributed by atoms with Crippen molar-refractivity contribution in [2.24, 2.45) is 0 Å². The van der Waals surface area contributed by atoms with Crippen molar-refractivity contribution in [3.05, 3.63) is 17.5 Å². The zero-order valence-corrected chi connectivity index (χ0v) is 11.5. The molecule has 7 heteroatoms. The minimum Gasteiger partial charge on any atom is -0.476 e. The van der Waals surface area contributed by atoms with Gasteiger partial charge in [-0.1, -0.05) is 5.16 Å². The quantitative estimate of drug-likeness (QED) is 0.831. The predicted octanol–water partition coefficient (Wildman–Crippen LogP) is 0.863. The number of nitrogens with zero attached hydrogens (tertiary/aromatic N) is 2. The maximum absolute atomic E-state index is 12.2. The van der Waals surface area contributed by atoms with Crippen molar-refractivity contribution >= 4 is 11.9 Å². The summed E-state index contributed by atoms with van der Waals surface area (Å²) in [5.41, 5.74) is -0.128. The lowest BCUT2D eigenvalue weighted by Crippen LogP contribution is -2.46. The fourth-order valence-electron chi connectivity index (χ4n) is 2.23. The molecule has 2 heterocycles. The van der Waals surface area contributed by atoms with Gasteiger partial charge in [0, 0.05) is 19.2 Å². The van der Waals surface area contributed by atoms with Gasteiger partial charge in [-0.15, -0.1) is 0 Å². The van der Waals surface area contributed by atoms with Gasteiger partial charge in [0.25, 0.3) is 0 Å². The van der Waals surface area contributed by atoms with Crippen molar-refractivity contribution in [3.63, 3.8) is 0 Å². The number of rotatable bonds is 5. The summed E-state index contributed by atoms with van der Waals surface area (Å²) < 4.78 is 4.88. The molecule has 110 valence electrons. The molecule has 0 bridgehead atoms. The highest BCUT2D eigenvalue weighted by Gasteiger charge is 2.22. The molecule has 1 aliphatic rings. The van der Waals surface area contributed by atoms with Crippen LogP contribution in [0.25, 0.3) is 0 Å². The average Bonchev–Trinajstić information content (AvgIpc) is 2.94. The van der Waals surface area contributed by atoms with Crippen LogP contribution in [0.1, 0.15) is 42.4 Å². The van der Waals surface area contributed by atoms with Gasteiger partial charge in [-0.05, 0) is 26.2 Å². The number of aromatic nitrogens is 1. The molecule has 0 aromatic carbocycles. The molecule has 0 aliphatic carbocycles. The summed E-state index contributed by atoms with van der Waals surface area (Å²) in [6.45, 7) is 3.71. The Balaban J connectivity index is 1.82. The molecule has 7 nitrogen and oxygen atoms in total. The van der Waals surface area contributed by atoms with Crippen molar-refractivity contribution in [1.82, 2.24) is 15.4 Å². The van der Waals surface area contributed by atoms with E-state index in [1.807, 2.05) is 4.90 Å². The number of carboxylic acids is 1. The van der Waals surface area contributed by atoms with Gasteiger partial charge in [0.05, 0.1) is 12.6 Å². The first-order valence-electron chi connectivity index (χ1n) is 6.79. The number of carboxylic acid groups (broad SMARTS) is 1. The minimum absolute atomic E-state index is 0.0719. The molecule has 1 aromatic heterocycles. The van der Waals surface area contributed by atoms with E-state index in [9.17, 15) is 9.59 Å². The lowest BCUT2D eigenvalue weighted by atomic mass is 10.1. The monoisotopic (exact) mass is 281 g/mol. The standard InChI is InChI=1S/C13H19N3O4/c1-9(12(17)16-5-3-2-4-6-16)14-8-10-7-11(13(18)19)15-20-10/h7,9,14H,2-6,8H2,1H3,(H,18,19). The van der Waals surface area contributed by atoms with E-state index < -0.39 is 5.97 Å². The van der Waals surface area contributed by atoms with Crippen molar-refractivity contribution in [2.45, 2.75) is 38.8 Å². The van der Waals surface area contributed by atoms with E-state index in [0.717, 1.165) is 25.9 Å². The third-order valence-electron chi connectivity index (χ3n) is 3.40. The van der Waals surface area contributed by atoms with E-state index in [0.29, 0.717) is 5.76 Å². The van der Waals surface area contributed by atoms with E-state index >= 15 is 0 Å². The summed E-state index contributed by atoms with van der Waals surface area (Å²) >= 11 is 0. The van der Waals surface area contributed by atoms with Gasteiger partial charge in [-0.2, -0.15) is 0 Å². The molecule has 1 aromatic rings. The molecular formula is C13H19N3O4. The maximum atomic E-state index is 12.2. The highest BCUT2D eigenvalue weighted by molar-refractivity contribution is 5.85. The average molecular weight is 281 g/mol. The Morgan fingerprint density at radius 2 is 2.15 bits per heavy atom. The van der Waals surface area contributed by atoms with E-state index in [-0.39, 0.29) is 24.2 Å². The van der Waals surface area contributed by atoms with Crippen molar-refractivity contribution in [3.8, 4) is 0 Å². The largest absolute Gasteiger partial charge is 0.476 e. The zero-order chi connectivity index (χ0) is 14.5. The van der Waals surface area contributed by atoms with Crippen LogP contribution < -0.4 is 5.32 Å². The molecule has 20 heavy (non-hydrogen) atoms. The van der Waals surface area contributed by atoms with Crippen LogP contribution in [0.5, 0.6) is 0 Å². The molecule has 0 spiro atoms. The Morgan fingerprint density at radius 1 is 1.45 bits per heavy atom. The van der Waals surface area contributed by atoms with Crippen LogP contribution in [0.2, 0.25) is 0 Å². The fraction of sp³-hybridized carbons (Fsp3) is 0.615. The predicted molar refractivity (Wildman–Crippen MR) is 70.2 cm³/mol. The van der Waals surface area contributed by atoms with Crippen molar-refractivity contribution < 1.29 is 19.2 Å². The van der Waals surface area contributed by atoms with Gasteiger partial charge in [-0.3, -0.25) is 10.1 Å². The van der Waals surface area contributed by atoms with Crippen LogP contribution in [0.3, 0.4) is 0 Å². The first-order chi connectivity index (χ1) is 9.58. The molecule has 1 atom stereocenters. The second-order valence-electron chi connectivity index (χ2n) is 4.97. The first kappa shape index (κ1) is 14.5. The van der Waals surface area contributed by atoms with Gasteiger partial charge in [0.1, 0.15) is 0 Å². The Labute approximate surface area is 116 Å². The maximum Gasteiger partial charge on any atom is 0.358 e. The molecule has 1 fully saturated rings. The van der Waals surface area contributed by atoms with Gasteiger partial charge < -0.3 is 14.5 Å². The summed E-state index contributed by atoms with van der Waals surface area (Å²) in [5.74, 6) is -0.652. The van der Waals surface area contributed by atoms with Gasteiger partial charge in [-0.25, -0.2) is 4.79 Å². The zero-order valence-electron chi connectivity index (χ0n) is 11.5. The van der Waals surface area contributed by atoms with Crippen LogP contribution >= 0.6 is 0 Å². The van der Waals surface area contributed by atoms with E-state index in [4.69, 9.17) is 9.63 Å². The van der Waals surface area contributed by atoms with E-state index in [1.165, 1.54) is 12.5 Å². The van der Waals surface area contributed by atoms with E-state index in [2.05, 4.69) is 10.5 Å². The number of hydrogen-bond acceptors (Lipinski definition) is 5. The summed E-state index contributed by atoms with van der Waals surface area (Å²) in [5, 5.41) is 15.2. The van der Waals surface area contributed by atoms with Crippen LogP contribution in [-0.4, -0.2) is 46.2 Å². The lowest BCUT2D eigenvalue weighted by Gasteiger charge is -2.29. The topological polar surface area (TPSA) is 95.7 Å². The van der Waals surface area contributed by atoms with Gasteiger partial charge in [0.15, 0.2) is 11.5 Å². The second-order valence-corrected chi connectivity index (χ2v) is 4.97. The second kappa shape index (κ2) is 6.51. The molecule has 0 saturated carbocycles. The fourth-order valence-corrected chi connectivity index (χ4v) is 2.23. The molecule has 1 unspecified atom stereocenters. The molecule has 1 saturated heterocycles. The Hall–Kier alpha value is -1.89. The van der Waals surface area contributed by atoms with Crippen LogP contribution in [0.4, 0.5) is 0 Å². The summed E-state index contributed by atoms with van der Waals surface area (Å²) in [7, 11) is 0. The highest BCUT2D eigenvalue weighted by atomic mass is 16.5. The number of piperidine rings is 1. The molecule has 2 rings (SSSR count). The van der Waals surface area contributed by atoms with Crippen molar-refractivity contribution in [2.75, 3.05) is 13.1 Å². The molecule has 1 amide bonds. The number of likely N-dealkylation sites (tertiary alicyclic amines) is 1. The third-order valence-corrected chi connectivity index (χ3v) is 3.40. The van der Waals surface area contributed by atoms with Gasteiger partial charge in [0.2, 0.25) is 5.91 Å². The van der Waals surface area contributed by atoms with Crippen molar-refractivity contribution in [1.29, 1.82) is 0 Å². The molecule has 0 radical (unpaired) electrons. The number of carbonyl (C=O) groups is 2. The Bertz CT molecular complexity index is 480. The number of aromatic carboxylic acids is 1.